The number of pyridine rings is 1. The molecule has 1 N–H and O–H groups in total. The molecule has 3 nitrogen and oxygen atoms in total. The van der Waals surface area contributed by atoms with Crippen LogP contribution >= 0.6 is 0 Å². The Hall–Kier alpha value is -2.16. The summed E-state index contributed by atoms with van der Waals surface area (Å²) >= 11 is 0. The van der Waals surface area contributed by atoms with Gasteiger partial charge in [-0.2, -0.15) is 0 Å². The van der Waals surface area contributed by atoms with E-state index in [4.69, 9.17) is 0 Å². The van der Waals surface area contributed by atoms with Gasteiger partial charge in [-0.15, -0.1) is 0 Å². The van der Waals surface area contributed by atoms with Crippen molar-refractivity contribution in [3.63, 3.8) is 0 Å². The molecule has 0 atom stereocenters. The maximum absolute atomic E-state index is 12.0. The first-order chi connectivity index (χ1) is 8.25. The fraction of sp³-hybridized carbons (Fsp3) is 0.143. The molecule has 1 heterocycles. The quantitative estimate of drug-likeness (QED) is 0.842. The highest BCUT2D eigenvalue weighted by atomic mass is 16.1. The Balaban J connectivity index is 2.09. The molecule has 2 rings (SSSR count). The third-order valence-corrected chi connectivity index (χ3v) is 2.48. The molecule has 0 aromatic carbocycles. The lowest BCUT2D eigenvalue weighted by Gasteiger charge is -2.05. The molecule has 0 fully saturated rings. The number of aromatic nitrogens is 1. The molecule has 1 amide bonds. The van der Waals surface area contributed by atoms with Crippen molar-refractivity contribution < 1.29 is 4.79 Å². The molecule has 0 saturated heterocycles. The van der Waals surface area contributed by atoms with Crippen molar-refractivity contribution in [2.45, 2.75) is 13.3 Å². The first-order valence-corrected chi connectivity index (χ1v) is 5.51. The summed E-state index contributed by atoms with van der Waals surface area (Å²) in [7, 11) is 0. The van der Waals surface area contributed by atoms with Gasteiger partial charge in [-0.3, -0.25) is 9.78 Å². The topological polar surface area (TPSA) is 42.0 Å². The summed E-state index contributed by atoms with van der Waals surface area (Å²) < 4.78 is 0. The Morgan fingerprint density at radius 3 is 3.06 bits per heavy atom. The Morgan fingerprint density at radius 1 is 1.41 bits per heavy atom. The molecular weight excluding hydrogens is 212 g/mol. The molecule has 0 saturated carbocycles. The Bertz CT molecular complexity index is 498. The number of nitrogens with one attached hydrogen (secondary N) is 1. The van der Waals surface area contributed by atoms with Crippen LogP contribution in [0.5, 0.6) is 0 Å². The van der Waals surface area contributed by atoms with Crippen LogP contribution < -0.4 is 5.32 Å². The van der Waals surface area contributed by atoms with E-state index in [1.165, 1.54) is 0 Å². The molecule has 1 aliphatic rings. The lowest BCUT2D eigenvalue weighted by molar-refractivity contribution is -0.112. The average molecular weight is 226 g/mol. The number of hydrogen-bond acceptors (Lipinski definition) is 2. The fourth-order valence-electron chi connectivity index (χ4n) is 1.54. The lowest BCUT2D eigenvalue weighted by Crippen LogP contribution is -2.14. The number of rotatable bonds is 2. The molecule has 17 heavy (non-hydrogen) atoms. The monoisotopic (exact) mass is 226 g/mol. The van der Waals surface area contributed by atoms with Crippen molar-refractivity contribution in [2.75, 3.05) is 5.32 Å². The van der Waals surface area contributed by atoms with Gasteiger partial charge >= 0.3 is 0 Å². The first kappa shape index (κ1) is 11.3. The van der Waals surface area contributed by atoms with Crippen LogP contribution in [0.4, 0.5) is 5.69 Å². The molecule has 0 bridgehead atoms. The second-order valence-corrected chi connectivity index (χ2v) is 3.90. The maximum atomic E-state index is 12.0. The summed E-state index contributed by atoms with van der Waals surface area (Å²) in [5.41, 5.74) is 2.61. The molecule has 1 aromatic heterocycles. The zero-order chi connectivity index (χ0) is 12.1. The minimum absolute atomic E-state index is 0.0754. The third kappa shape index (κ3) is 3.14. The summed E-state index contributed by atoms with van der Waals surface area (Å²) in [6.07, 6.45) is 11.8. The van der Waals surface area contributed by atoms with E-state index in [2.05, 4.69) is 10.3 Å². The van der Waals surface area contributed by atoms with E-state index in [0.717, 1.165) is 11.1 Å². The van der Waals surface area contributed by atoms with E-state index < -0.39 is 0 Å². The van der Waals surface area contributed by atoms with Gasteiger partial charge < -0.3 is 5.32 Å². The number of allylic oxidation sites excluding steroid dienone is 5. The van der Waals surface area contributed by atoms with Gasteiger partial charge in [-0.1, -0.05) is 29.9 Å². The number of carbonyl (C=O) groups excluding carboxylic acids is 1. The predicted molar refractivity (Wildman–Crippen MR) is 68.5 cm³/mol. The number of carbonyl (C=O) groups is 1. The molecule has 0 aliphatic heterocycles. The predicted octanol–water partition coefficient (Wildman–Crippen LogP) is 2.85. The SMILES string of the molecule is CC1=CC=C(C(=O)Nc2cccnc2)CC=C1. The number of nitrogens with zero attached hydrogens (tertiary/aromatic N) is 1. The van der Waals surface area contributed by atoms with E-state index in [0.29, 0.717) is 12.1 Å². The highest BCUT2D eigenvalue weighted by Crippen LogP contribution is 2.13. The van der Waals surface area contributed by atoms with E-state index in [9.17, 15) is 4.79 Å². The van der Waals surface area contributed by atoms with Gasteiger partial charge in [-0.05, 0) is 25.5 Å². The second kappa shape index (κ2) is 5.25. The van der Waals surface area contributed by atoms with Crippen molar-refractivity contribution in [3.8, 4) is 0 Å². The second-order valence-electron chi connectivity index (χ2n) is 3.90. The van der Waals surface area contributed by atoms with E-state index in [1.807, 2.05) is 37.3 Å². The summed E-state index contributed by atoms with van der Waals surface area (Å²) in [5, 5.41) is 2.82. The highest BCUT2D eigenvalue weighted by molar-refractivity contribution is 6.04. The standard InChI is InChI=1S/C14H14N2O/c1-11-4-2-5-12(8-7-11)14(17)16-13-6-3-9-15-10-13/h2-4,6-10H,5H2,1H3,(H,16,17). The van der Waals surface area contributed by atoms with Gasteiger partial charge in [0, 0.05) is 11.8 Å². The molecule has 0 unspecified atom stereocenters. The number of amides is 1. The van der Waals surface area contributed by atoms with Crippen LogP contribution in [0.1, 0.15) is 13.3 Å². The maximum Gasteiger partial charge on any atom is 0.251 e. The minimum atomic E-state index is -0.0754. The average Bonchev–Trinajstić information content (AvgIpc) is 2.55. The van der Waals surface area contributed by atoms with Crippen LogP contribution in [0.3, 0.4) is 0 Å². The van der Waals surface area contributed by atoms with E-state index in [-0.39, 0.29) is 5.91 Å². The van der Waals surface area contributed by atoms with Crippen LogP contribution in [-0.2, 0) is 4.79 Å². The van der Waals surface area contributed by atoms with E-state index >= 15 is 0 Å². The molecular formula is C14H14N2O. The van der Waals surface area contributed by atoms with Gasteiger partial charge in [0.05, 0.1) is 11.9 Å². The molecule has 1 aromatic rings. The minimum Gasteiger partial charge on any atom is -0.321 e. The molecule has 86 valence electrons. The van der Waals surface area contributed by atoms with Crippen LogP contribution in [0.2, 0.25) is 0 Å². The lowest BCUT2D eigenvalue weighted by atomic mass is 10.1. The van der Waals surface area contributed by atoms with Gasteiger partial charge in [0.1, 0.15) is 0 Å². The normalized spacial score (nSPS) is 14.6. The van der Waals surface area contributed by atoms with Crippen molar-refractivity contribution >= 4 is 11.6 Å². The summed E-state index contributed by atoms with van der Waals surface area (Å²) in [6, 6.07) is 3.61. The number of hydrogen-bond donors (Lipinski definition) is 1. The van der Waals surface area contributed by atoms with Gasteiger partial charge in [0.15, 0.2) is 0 Å². The highest BCUT2D eigenvalue weighted by Gasteiger charge is 2.08. The fourth-order valence-corrected chi connectivity index (χ4v) is 1.54. The van der Waals surface area contributed by atoms with Crippen molar-refractivity contribution in [1.29, 1.82) is 0 Å². The largest absolute Gasteiger partial charge is 0.321 e. The first-order valence-electron chi connectivity index (χ1n) is 5.51. The summed E-state index contributed by atoms with van der Waals surface area (Å²) in [5.74, 6) is -0.0754. The van der Waals surface area contributed by atoms with Crippen molar-refractivity contribution in [2.24, 2.45) is 0 Å². The Morgan fingerprint density at radius 2 is 2.29 bits per heavy atom. The molecule has 0 spiro atoms. The van der Waals surface area contributed by atoms with Crippen LogP contribution in [0.25, 0.3) is 0 Å². The zero-order valence-electron chi connectivity index (χ0n) is 9.68. The van der Waals surface area contributed by atoms with Crippen molar-refractivity contribution in [3.05, 3.63) is 60.0 Å². The van der Waals surface area contributed by atoms with Crippen LogP contribution in [-0.4, -0.2) is 10.9 Å². The Labute approximate surface area is 101 Å². The zero-order valence-corrected chi connectivity index (χ0v) is 9.68. The third-order valence-electron chi connectivity index (χ3n) is 2.48. The van der Waals surface area contributed by atoms with E-state index in [1.54, 1.807) is 18.5 Å². The van der Waals surface area contributed by atoms with Gasteiger partial charge in [0.2, 0.25) is 0 Å². The van der Waals surface area contributed by atoms with Crippen LogP contribution in [0.15, 0.2) is 60.0 Å². The molecule has 0 radical (unpaired) electrons. The Kier molecular flexibility index (Phi) is 3.50. The summed E-state index contributed by atoms with van der Waals surface area (Å²) in [6.45, 7) is 2.01. The van der Waals surface area contributed by atoms with Crippen molar-refractivity contribution in [1.82, 2.24) is 4.98 Å². The van der Waals surface area contributed by atoms with Gasteiger partial charge in [0.25, 0.3) is 5.91 Å². The number of anilines is 1. The summed E-state index contributed by atoms with van der Waals surface area (Å²) in [4.78, 5) is 15.9. The smallest absolute Gasteiger partial charge is 0.251 e. The molecule has 3 heteroatoms. The molecule has 1 aliphatic carbocycles. The van der Waals surface area contributed by atoms with Gasteiger partial charge in [-0.25, -0.2) is 0 Å². The van der Waals surface area contributed by atoms with Crippen LogP contribution in [0, 0.1) is 0 Å².